The van der Waals surface area contributed by atoms with Crippen LogP contribution in [0.15, 0.2) is 115 Å². The van der Waals surface area contributed by atoms with Crippen molar-refractivity contribution < 1.29 is 9.90 Å². The zero-order valence-corrected chi connectivity index (χ0v) is 23.7. The van der Waals surface area contributed by atoms with E-state index in [1.807, 2.05) is 36.4 Å². The minimum absolute atomic E-state index is 0.444. The molecule has 2 heterocycles. The zero-order valence-electron chi connectivity index (χ0n) is 23.7. The number of benzene rings is 3. The van der Waals surface area contributed by atoms with Crippen LogP contribution in [0.2, 0.25) is 0 Å². The third-order valence-electron chi connectivity index (χ3n) is 7.89. The van der Waals surface area contributed by atoms with Gasteiger partial charge in [0.05, 0.1) is 5.54 Å². The fraction of sp³-hybridized carbons (Fsp3) is 0.361. The molecule has 0 saturated carbocycles. The number of hydrogen-bond donors (Lipinski definition) is 1. The highest BCUT2D eigenvalue weighted by Gasteiger charge is 2.39. The van der Waals surface area contributed by atoms with E-state index in [0.29, 0.717) is 6.54 Å². The molecule has 0 radical (unpaired) electrons. The second-order valence-corrected chi connectivity index (χ2v) is 10.9. The first-order chi connectivity index (χ1) is 19.6. The van der Waals surface area contributed by atoms with E-state index in [0.717, 1.165) is 38.5 Å². The number of carbonyl (C=O) groups is 1. The van der Waals surface area contributed by atoms with E-state index in [4.69, 9.17) is 0 Å². The van der Waals surface area contributed by atoms with Crippen LogP contribution in [0.1, 0.15) is 55.2 Å². The van der Waals surface area contributed by atoms with E-state index in [-0.39, 0.29) is 0 Å². The van der Waals surface area contributed by atoms with Crippen molar-refractivity contribution in [1.82, 2.24) is 9.80 Å². The molecule has 2 aliphatic heterocycles. The van der Waals surface area contributed by atoms with Crippen molar-refractivity contribution in [1.29, 1.82) is 0 Å². The fourth-order valence-electron chi connectivity index (χ4n) is 5.76. The highest BCUT2D eigenvalue weighted by atomic mass is 16.4. The summed E-state index contributed by atoms with van der Waals surface area (Å²) in [6, 6.07) is 31.1. The largest absolute Gasteiger partial charge is 0.465 e. The molecule has 0 bridgehead atoms. The van der Waals surface area contributed by atoms with Gasteiger partial charge in [-0.25, -0.2) is 4.79 Å². The summed E-state index contributed by atoms with van der Waals surface area (Å²) in [7, 11) is 0. The Kier molecular flexibility index (Phi) is 11.5. The Labute approximate surface area is 240 Å². The average Bonchev–Trinajstić information content (AvgIpc) is 3.00. The van der Waals surface area contributed by atoms with Gasteiger partial charge < -0.3 is 10.0 Å². The van der Waals surface area contributed by atoms with Gasteiger partial charge in [-0.15, -0.1) is 0 Å². The standard InChI is InChI=1S/C22H25NO2.C14H19N/c24-21(25)23-17-8-7-15-22(23,18-20-12-5-2-6-13-20)16-9-14-19-10-3-1-4-11-19;1-3-8-14(9-4-1)10-7-13-15-11-5-2-6-12-15/h1-6,9-13,16H,7-8,14-15,17-18H2,(H,24,25);1,3-4,7-9,13H,2,5-6,10-12H2/b16-9+;/t22-;/m1./s1. The van der Waals surface area contributed by atoms with E-state index < -0.39 is 11.6 Å². The number of amides is 1. The Hall–Kier alpha value is -3.79. The van der Waals surface area contributed by atoms with E-state index >= 15 is 0 Å². The lowest BCUT2D eigenvalue weighted by atomic mass is 9.81. The molecule has 3 aromatic rings. The molecule has 5 rings (SSSR count). The van der Waals surface area contributed by atoms with Crippen LogP contribution < -0.4 is 0 Å². The van der Waals surface area contributed by atoms with Gasteiger partial charge >= 0.3 is 6.09 Å². The van der Waals surface area contributed by atoms with Crippen LogP contribution in [0, 0.1) is 0 Å². The zero-order chi connectivity index (χ0) is 27.9. The quantitative estimate of drug-likeness (QED) is 0.295. The number of piperidine rings is 2. The van der Waals surface area contributed by atoms with Gasteiger partial charge in [-0.1, -0.05) is 109 Å². The van der Waals surface area contributed by atoms with Crippen molar-refractivity contribution in [3.8, 4) is 0 Å². The lowest BCUT2D eigenvalue weighted by Crippen LogP contribution is -2.54. The average molecular weight is 537 g/mol. The topological polar surface area (TPSA) is 43.8 Å². The molecule has 4 heteroatoms. The molecule has 4 nitrogen and oxygen atoms in total. The van der Waals surface area contributed by atoms with Crippen molar-refractivity contribution in [2.24, 2.45) is 0 Å². The van der Waals surface area contributed by atoms with Crippen molar-refractivity contribution in [3.05, 3.63) is 132 Å². The van der Waals surface area contributed by atoms with Crippen molar-refractivity contribution in [2.45, 2.75) is 63.3 Å². The predicted molar refractivity (Wildman–Crippen MR) is 165 cm³/mol. The number of allylic oxidation sites excluding steroid dienone is 2. The van der Waals surface area contributed by atoms with Crippen molar-refractivity contribution in [3.63, 3.8) is 0 Å². The third-order valence-corrected chi connectivity index (χ3v) is 7.89. The van der Waals surface area contributed by atoms with Gasteiger partial charge in [0, 0.05) is 19.6 Å². The molecule has 0 unspecified atom stereocenters. The van der Waals surface area contributed by atoms with Gasteiger partial charge in [0.1, 0.15) is 0 Å². The maximum absolute atomic E-state index is 11.9. The summed E-state index contributed by atoms with van der Waals surface area (Å²) in [6.07, 6.45) is 17.6. The molecule has 210 valence electrons. The number of hydrogen-bond acceptors (Lipinski definition) is 2. The Morgan fingerprint density at radius 1 is 0.675 bits per heavy atom. The first kappa shape index (κ1) is 29.2. The van der Waals surface area contributed by atoms with Crippen LogP contribution in [0.3, 0.4) is 0 Å². The molecule has 0 spiro atoms. The summed E-state index contributed by atoms with van der Waals surface area (Å²) < 4.78 is 0. The van der Waals surface area contributed by atoms with Crippen LogP contribution in [0.5, 0.6) is 0 Å². The summed E-state index contributed by atoms with van der Waals surface area (Å²) >= 11 is 0. The van der Waals surface area contributed by atoms with Gasteiger partial charge in [-0.2, -0.15) is 0 Å². The summed E-state index contributed by atoms with van der Waals surface area (Å²) in [5.74, 6) is 0. The minimum atomic E-state index is -0.819. The first-order valence-electron chi connectivity index (χ1n) is 14.9. The highest BCUT2D eigenvalue weighted by Crippen LogP contribution is 2.33. The number of likely N-dealkylation sites (tertiary alicyclic amines) is 2. The maximum atomic E-state index is 11.9. The number of carboxylic acid groups (broad SMARTS) is 1. The Morgan fingerprint density at radius 3 is 1.77 bits per heavy atom. The molecule has 2 saturated heterocycles. The predicted octanol–water partition coefficient (Wildman–Crippen LogP) is 8.16. The van der Waals surface area contributed by atoms with E-state index in [1.54, 1.807) is 4.90 Å². The lowest BCUT2D eigenvalue weighted by molar-refractivity contribution is 0.0733. The molecule has 0 aliphatic carbocycles. The van der Waals surface area contributed by atoms with Gasteiger partial charge in [0.25, 0.3) is 0 Å². The van der Waals surface area contributed by atoms with Crippen LogP contribution in [0.25, 0.3) is 0 Å². The summed E-state index contributed by atoms with van der Waals surface area (Å²) in [5.41, 5.74) is 3.37. The number of nitrogens with zero attached hydrogens (tertiary/aromatic N) is 2. The normalized spacial score (nSPS) is 19.4. The van der Waals surface area contributed by atoms with Crippen LogP contribution in [0.4, 0.5) is 4.79 Å². The molecule has 3 aromatic carbocycles. The van der Waals surface area contributed by atoms with E-state index in [1.165, 1.54) is 49.0 Å². The van der Waals surface area contributed by atoms with E-state index in [2.05, 4.69) is 83.9 Å². The molecule has 40 heavy (non-hydrogen) atoms. The fourth-order valence-corrected chi connectivity index (χ4v) is 5.76. The molecule has 2 fully saturated rings. The van der Waals surface area contributed by atoms with E-state index in [9.17, 15) is 9.90 Å². The van der Waals surface area contributed by atoms with Gasteiger partial charge in [-0.05, 0) is 80.7 Å². The van der Waals surface area contributed by atoms with Crippen LogP contribution in [-0.4, -0.2) is 46.2 Å². The summed E-state index contributed by atoms with van der Waals surface area (Å²) in [6.45, 7) is 3.09. The third kappa shape index (κ3) is 9.15. The van der Waals surface area contributed by atoms with Gasteiger partial charge in [0.15, 0.2) is 0 Å². The lowest BCUT2D eigenvalue weighted by Gasteiger charge is -2.44. The molecule has 2 aliphatic rings. The highest BCUT2D eigenvalue weighted by molar-refractivity contribution is 5.67. The first-order valence-corrected chi connectivity index (χ1v) is 14.9. The molecule has 0 aromatic heterocycles. The van der Waals surface area contributed by atoms with Crippen molar-refractivity contribution >= 4 is 6.09 Å². The second kappa shape index (κ2) is 15.7. The monoisotopic (exact) mass is 536 g/mol. The smallest absolute Gasteiger partial charge is 0.408 e. The summed E-state index contributed by atoms with van der Waals surface area (Å²) in [4.78, 5) is 16.0. The molecule has 1 atom stereocenters. The van der Waals surface area contributed by atoms with Crippen molar-refractivity contribution in [2.75, 3.05) is 19.6 Å². The molecule has 1 N–H and O–H groups in total. The molecular weight excluding hydrogens is 492 g/mol. The Balaban J connectivity index is 0.000000210. The SMILES string of the molecule is C(=CN1CCCCC1)Cc1ccccc1.O=C(O)N1CCCC[C@@]1(/C=C/Cc1ccccc1)Cc1ccccc1. The minimum Gasteiger partial charge on any atom is -0.465 e. The van der Waals surface area contributed by atoms with Gasteiger partial charge in [-0.3, -0.25) is 4.90 Å². The Bertz CT molecular complexity index is 1190. The van der Waals surface area contributed by atoms with Crippen LogP contribution in [-0.2, 0) is 19.3 Å². The molecular formula is C36H44N2O2. The van der Waals surface area contributed by atoms with Gasteiger partial charge in [0.2, 0.25) is 0 Å². The Morgan fingerprint density at radius 2 is 1.20 bits per heavy atom. The second-order valence-electron chi connectivity index (χ2n) is 10.9. The van der Waals surface area contributed by atoms with Crippen LogP contribution >= 0.6 is 0 Å². The number of rotatable bonds is 8. The summed E-state index contributed by atoms with van der Waals surface area (Å²) in [5, 5.41) is 9.76. The molecule has 1 amide bonds. The maximum Gasteiger partial charge on any atom is 0.408 e.